The first-order valence-corrected chi connectivity index (χ1v) is 11.0. The lowest BCUT2D eigenvalue weighted by molar-refractivity contribution is 1.26. The molecule has 0 N–H and O–H groups in total. The lowest BCUT2D eigenvalue weighted by Gasteiger charge is -2.16. The van der Waals surface area contributed by atoms with Gasteiger partial charge in [-0.1, -0.05) is 52.0 Å². The molecule has 0 aliphatic heterocycles. The summed E-state index contributed by atoms with van der Waals surface area (Å²) < 4.78 is 0. The maximum atomic E-state index is 2.47. The second kappa shape index (κ2) is 9.06. The van der Waals surface area contributed by atoms with E-state index in [1.807, 2.05) is 0 Å². The highest BCUT2D eigenvalue weighted by molar-refractivity contribution is 7.57. The van der Waals surface area contributed by atoms with Gasteiger partial charge in [0, 0.05) is 0 Å². The zero-order chi connectivity index (χ0) is 13.4. The molecule has 0 atom stereocenters. The highest BCUT2D eigenvalue weighted by Crippen LogP contribution is 2.41. The van der Waals surface area contributed by atoms with E-state index in [2.05, 4.69) is 52.0 Å². The summed E-state index contributed by atoms with van der Waals surface area (Å²) in [6.45, 7) is 9.36. The van der Waals surface area contributed by atoms with E-state index in [9.17, 15) is 0 Å². The molecule has 0 bridgehead atoms. The Morgan fingerprint density at radius 1 is 0.722 bits per heavy atom. The maximum absolute atomic E-state index is 2.47. The van der Waals surface area contributed by atoms with Gasteiger partial charge in [0.15, 0.2) is 0 Å². The van der Waals surface area contributed by atoms with Gasteiger partial charge in [0.1, 0.15) is 0 Å². The van der Waals surface area contributed by atoms with E-state index in [4.69, 9.17) is 0 Å². The fraction of sp³-hybridized carbons (Fsp3) is 0.625. The minimum absolute atomic E-state index is 0.233. The molecule has 1 rings (SSSR count). The van der Waals surface area contributed by atoms with Gasteiger partial charge >= 0.3 is 0 Å². The van der Waals surface area contributed by atoms with Gasteiger partial charge in [0.25, 0.3) is 0 Å². The highest BCUT2D eigenvalue weighted by atomic mass is 31.1. The summed E-state index contributed by atoms with van der Waals surface area (Å²) in [4.78, 5) is 0. The van der Waals surface area contributed by atoms with Crippen molar-refractivity contribution in [3.63, 3.8) is 0 Å². The first-order chi connectivity index (χ1) is 8.73. The molecule has 102 valence electrons. The molecule has 18 heavy (non-hydrogen) atoms. The summed E-state index contributed by atoms with van der Waals surface area (Å²) in [6.07, 6.45) is 8.12. The molecule has 0 saturated carbocycles. The Bertz CT molecular complexity index is 298. The van der Waals surface area contributed by atoms with Crippen LogP contribution in [-0.4, -0.2) is 24.6 Å². The molecule has 0 aliphatic rings. The van der Waals surface area contributed by atoms with E-state index >= 15 is 0 Å². The first kappa shape index (κ1) is 16.1. The summed E-state index contributed by atoms with van der Waals surface area (Å²) in [5, 5.41) is 0. The van der Waals surface area contributed by atoms with E-state index in [-0.39, 0.29) is 15.8 Å². The van der Waals surface area contributed by atoms with Gasteiger partial charge in [-0.15, -0.1) is 15.8 Å². The van der Waals surface area contributed by atoms with Gasteiger partial charge in [-0.2, -0.15) is 0 Å². The zero-order valence-electron chi connectivity index (χ0n) is 12.4. The van der Waals surface area contributed by atoms with Crippen LogP contribution < -0.4 is 0 Å². The van der Waals surface area contributed by atoms with E-state index < -0.39 is 0 Å². The summed E-state index contributed by atoms with van der Waals surface area (Å²) in [6, 6.07) is 9.39. The van der Waals surface area contributed by atoms with Crippen LogP contribution in [0.5, 0.6) is 0 Å². The van der Waals surface area contributed by atoms with Crippen LogP contribution in [-0.2, 0) is 12.3 Å². The van der Waals surface area contributed by atoms with E-state index in [0.717, 1.165) is 0 Å². The minimum atomic E-state index is 0.233. The predicted octanol–water partition coefficient (Wildman–Crippen LogP) is 5.73. The molecule has 0 spiro atoms. The average Bonchev–Trinajstić information content (AvgIpc) is 2.42. The topological polar surface area (TPSA) is 0 Å². The summed E-state index contributed by atoms with van der Waals surface area (Å²) in [7, 11) is 0.466. The third-order valence-corrected chi connectivity index (χ3v) is 8.80. The standard InChI is InChI=1S/C16H28P2/c1-5-17(6-2)13-15-10-9-11-16(12-15)14-18(7-3)8-4/h9-12H,5-8,13-14H2,1-4H3. The van der Waals surface area contributed by atoms with Crippen molar-refractivity contribution in [3.05, 3.63) is 35.4 Å². The lowest BCUT2D eigenvalue weighted by Crippen LogP contribution is -1.93. The van der Waals surface area contributed by atoms with E-state index in [1.54, 1.807) is 11.1 Å². The molecule has 0 aromatic heterocycles. The fourth-order valence-electron chi connectivity index (χ4n) is 2.24. The first-order valence-electron chi connectivity index (χ1n) is 7.25. The van der Waals surface area contributed by atoms with Gasteiger partial charge in [-0.25, -0.2) is 0 Å². The Morgan fingerprint density at radius 3 is 1.44 bits per heavy atom. The molecule has 0 nitrogen and oxygen atoms in total. The van der Waals surface area contributed by atoms with Crippen LogP contribution in [0.2, 0.25) is 0 Å². The van der Waals surface area contributed by atoms with Crippen molar-refractivity contribution in [1.82, 2.24) is 0 Å². The van der Waals surface area contributed by atoms with Crippen LogP contribution in [0.1, 0.15) is 38.8 Å². The van der Waals surface area contributed by atoms with Crippen LogP contribution in [0.25, 0.3) is 0 Å². The molecule has 0 amide bonds. The normalized spacial score (nSPS) is 11.4. The maximum Gasteiger partial charge on any atom is -0.00732 e. The van der Waals surface area contributed by atoms with E-state index in [0.29, 0.717) is 0 Å². The van der Waals surface area contributed by atoms with Crippen LogP contribution in [0.4, 0.5) is 0 Å². The predicted molar refractivity (Wildman–Crippen MR) is 89.9 cm³/mol. The van der Waals surface area contributed by atoms with Crippen LogP contribution in [0, 0.1) is 0 Å². The van der Waals surface area contributed by atoms with Gasteiger partial charge in [0.05, 0.1) is 0 Å². The third kappa shape index (κ3) is 5.38. The zero-order valence-corrected chi connectivity index (χ0v) is 14.2. The molecule has 0 fully saturated rings. The van der Waals surface area contributed by atoms with E-state index in [1.165, 1.54) is 37.0 Å². The summed E-state index contributed by atoms with van der Waals surface area (Å²) in [5.74, 6) is 0. The van der Waals surface area contributed by atoms with Crippen molar-refractivity contribution >= 4 is 15.8 Å². The molecule has 2 heteroatoms. The van der Waals surface area contributed by atoms with Crippen molar-refractivity contribution in [2.75, 3.05) is 24.6 Å². The Morgan fingerprint density at radius 2 is 1.11 bits per heavy atom. The molecule has 0 saturated heterocycles. The Hall–Kier alpha value is 0.0800. The van der Waals surface area contributed by atoms with Crippen molar-refractivity contribution in [3.8, 4) is 0 Å². The molecule has 0 aliphatic carbocycles. The highest BCUT2D eigenvalue weighted by Gasteiger charge is 2.07. The van der Waals surface area contributed by atoms with Crippen LogP contribution in [0.15, 0.2) is 24.3 Å². The Kier molecular flexibility index (Phi) is 8.12. The monoisotopic (exact) mass is 282 g/mol. The molecule has 1 aromatic rings. The van der Waals surface area contributed by atoms with Gasteiger partial charge in [0.2, 0.25) is 0 Å². The molecular formula is C16H28P2. The second-order valence-corrected chi connectivity index (χ2v) is 10.6. The van der Waals surface area contributed by atoms with Crippen molar-refractivity contribution in [1.29, 1.82) is 0 Å². The number of hydrogen-bond acceptors (Lipinski definition) is 0. The second-order valence-electron chi connectivity index (χ2n) is 4.74. The minimum Gasteiger partial charge on any atom is -0.103 e. The number of rotatable bonds is 8. The summed E-state index contributed by atoms with van der Waals surface area (Å²) >= 11 is 0. The molecule has 0 unspecified atom stereocenters. The smallest absolute Gasteiger partial charge is 0.00732 e. The molecule has 1 aromatic carbocycles. The summed E-state index contributed by atoms with van der Waals surface area (Å²) in [5.41, 5.74) is 3.15. The lowest BCUT2D eigenvalue weighted by atomic mass is 10.2. The van der Waals surface area contributed by atoms with Gasteiger partial charge in [-0.3, -0.25) is 0 Å². The number of hydrogen-bond donors (Lipinski definition) is 0. The quantitative estimate of drug-likeness (QED) is 0.534. The van der Waals surface area contributed by atoms with Crippen LogP contribution >= 0.6 is 15.8 Å². The molecule has 0 heterocycles. The Balaban J connectivity index is 2.66. The Labute approximate surface area is 116 Å². The molecular weight excluding hydrogens is 254 g/mol. The third-order valence-electron chi connectivity index (χ3n) is 3.59. The van der Waals surface area contributed by atoms with Gasteiger partial charge < -0.3 is 0 Å². The van der Waals surface area contributed by atoms with Crippen molar-refractivity contribution in [2.45, 2.75) is 40.0 Å². The van der Waals surface area contributed by atoms with Gasteiger partial charge in [-0.05, 0) is 48.1 Å². The van der Waals surface area contributed by atoms with Crippen molar-refractivity contribution in [2.24, 2.45) is 0 Å². The van der Waals surface area contributed by atoms with Crippen LogP contribution in [0.3, 0.4) is 0 Å². The number of benzene rings is 1. The fourth-order valence-corrected chi connectivity index (χ4v) is 5.45. The molecule has 0 radical (unpaired) electrons. The average molecular weight is 282 g/mol. The SMILES string of the molecule is CCP(CC)Cc1cccc(CP(CC)CC)c1. The van der Waals surface area contributed by atoms with Crippen molar-refractivity contribution < 1.29 is 0 Å². The largest absolute Gasteiger partial charge is 0.103 e.